The number of aromatic nitrogens is 2. The van der Waals surface area contributed by atoms with E-state index in [0.717, 1.165) is 29.7 Å². The summed E-state index contributed by atoms with van der Waals surface area (Å²) in [5, 5.41) is 12.5. The standard InChI is InChI=1S/C30H31N3O5/c1-37-25-16-14-20(18-26(25)38-2)27(30(35)36)32-29(34)21-13-15-24-23(17-21)31-28(19-9-5-3-6-10-19)33(24)22-11-7-4-8-12-22/h3,5-6,9-10,13-18,22,27H,4,7-8,11-12H2,1-2H3,(H,32,34)(H,35,36). The molecule has 5 rings (SSSR count). The highest BCUT2D eigenvalue weighted by atomic mass is 16.5. The Morgan fingerprint density at radius 1 is 0.947 bits per heavy atom. The van der Waals surface area contributed by atoms with E-state index in [1.165, 1.54) is 33.5 Å². The molecule has 1 atom stereocenters. The fourth-order valence-corrected chi connectivity index (χ4v) is 5.27. The maximum absolute atomic E-state index is 13.3. The second-order valence-electron chi connectivity index (χ2n) is 9.53. The minimum atomic E-state index is -1.27. The number of amides is 1. The zero-order valence-corrected chi connectivity index (χ0v) is 21.5. The fraction of sp³-hybridized carbons (Fsp3) is 0.300. The monoisotopic (exact) mass is 513 g/mol. The van der Waals surface area contributed by atoms with Gasteiger partial charge in [-0.3, -0.25) is 4.79 Å². The molecule has 0 saturated heterocycles. The Morgan fingerprint density at radius 3 is 2.37 bits per heavy atom. The van der Waals surface area contributed by atoms with Gasteiger partial charge in [0.25, 0.3) is 5.91 Å². The van der Waals surface area contributed by atoms with Crippen molar-refractivity contribution in [3.05, 3.63) is 77.9 Å². The number of imidazole rings is 1. The summed E-state index contributed by atoms with van der Waals surface area (Å²) in [4.78, 5) is 30.3. The Bertz CT molecular complexity index is 1460. The van der Waals surface area contributed by atoms with Gasteiger partial charge in [0, 0.05) is 17.2 Å². The summed E-state index contributed by atoms with van der Waals surface area (Å²) in [6.07, 6.45) is 5.81. The van der Waals surface area contributed by atoms with E-state index in [2.05, 4.69) is 22.0 Å². The van der Waals surface area contributed by atoms with Crippen LogP contribution in [0.5, 0.6) is 11.5 Å². The highest BCUT2D eigenvalue weighted by Crippen LogP contribution is 2.36. The Labute approximate surface area is 221 Å². The van der Waals surface area contributed by atoms with E-state index in [1.807, 2.05) is 24.3 Å². The molecule has 2 N–H and O–H groups in total. The average Bonchev–Trinajstić information content (AvgIpc) is 3.35. The zero-order chi connectivity index (χ0) is 26.6. The maximum atomic E-state index is 13.3. The van der Waals surface area contributed by atoms with Crippen LogP contribution in [0.2, 0.25) is 0 Å². The van der Waals surface area contributed by atoms with Crippen LogP contribution in [-0.2, 0) is 4.79 Å². The number of carbonyl (C=O) groups excluding carboxylic acids is 1. The topological polar surface area (TPSA) is 103 Å². The number of hydrogen-bond donors (Lipinski definition) is 2. The first-order valence-corrected chi connectivity index (χ1v) is 12.8. The number of carbonyl (C=O) groups is 2. The van der Waals surface area contributed by atoms with Crippen LogP contribution in [0.25, 0.3) is 22.4 Å². The van der Waals surface area contributed by atoms with Crippen LogP contribution in [0.3, 0.4) is 0 Å². The van der Waals surface area contributed by atoms with Crippen molar-refractivity contribution < 1.29 is 24.2 Å². The van der Waals surface area contributed by atoms with E-state index in [4.69, 9.17) is 14.5 Å². The van der Waals surface area contributed by atoms with Crippen LogP contribution in [0, 0.1) is 0 Å². The Morgan fingerprint density at radius 2 is 1.68 bits per heavy atom. The lowest BCUT2D eigenvalue weighted by Crippen LogP contribution is -2.33. The van der Waals surface area contributed by atoms with Gasteiger partial charge in [-0.15, -0.1) is 0 Å². The Balaban J connectivity index is 1.49. The third-order valence-corrected chi connectivity index (χ3v) is 7.19. The molecule has 1 unspecified atom stereocenters. The number of nitrogens with one attached hydrogen (secondary N) is 1. The molecule has 1 saturated carbocycles. The first-order valence-electron chi connectivity index (χ1n) is 12.8. The molecule has 38 heavy (non-hydrogen) atoms. The first-order chi connectivity index (χ1) is 18.5. The number of benzene rings is 3. The fourth-order valence-electron chi connectivity index (χ4n) is 5.27. The van der Waals surface area contributed by atoms with Crippen molar-refractivity contribution >= 4 is 22.9 Å². The highest BCUT2D eigenvalue weighted by molar-refractivity contribution is 5.99. The van der Waals surface area contributed by atoms with E-state index in [9.17, 15) is 14.7 Å². The number of rotatable bonds is 8. The normalized spacial score (nSPS) is 14.7. The van der Waals surface area contributed by atoms with E-state index < -0.39 is 17.9 Å². The molecule has 8 heteroatoms. The molecule has 0 aliphatic heterocycles. The molecule has 0 spiro atoms. The van der Waals surface area contributed by atoms with E-state index in [-0.39, 0.29) is 0 Å². The summed E-state index contributed by atoms with van der Waals surface area (Å²) < 4.78 is 12.9. The number of methoxy groups -OCH3 is 2. The number of ether oxygens (including phenoxy) is 2. The van der Waals surface area contributed by atoms with Crippen molar-refractivity contribution in [1.82, 2.24) is 14.9 Å². The summed E-state index contributed by atoms with van der Waals surface area (Å²) in [7, 11) is 2.98. The van der Waals surface area contributed by atoms with Crippen molar-refractivity contribution in [1.29, 1.82) is 0 Å². The summed E-state index contributed by atoms with van der Waals surface area (Å²) in [6, 6.07) is 19.3. The number of hydrogen-bond acceptors (Lipinski definition) is 5. The van der Waals surface area contributed by atoms with Gasteiger partial charge in [0.05, 0.1) is 25.3 Å². The lowest BCUT2D eigenvalue weighted by atomic mass is 9.95. The van der Waals surface area contributed by atoms with Crippen molar-refractivity contribution in [2.75, 3.05) is 14.2 Å². The molecule has 1 amide bonds. The predicted molar refractivity (Wildman–Crippen MR) is 145 cm³/mol. The quantitative estimate of drug-likeness (QED) is 0.310. The molecule has 0 bridgehead atoms. The van der Waals surface area contributed by atoms with Crippen molar-refractivity contribution in [3.63, 3.8) is 0 Å². The second kappa shape index (κ2) is 11.0. The van der Waals surface area contributed by atoms with Crippen molar-refractivity contribution in [3.8, 4) is 22.9 Å². The third-order valence-electron chi connectivity index (χ3n) is 7.19. The van der Waals surface area contributed by atoms with Gasteiger partial charge in [-0.05, 0) is 48.7 Å². The molecular formula is C30H31N3O5. The number of aliphatic carboxylic acids is 1. The van der Waals surface area contributed by atoms with E-state index >= 15 is 0 Å². The van der Waals surface area contributed by atoms with Gasteiger partial charge in [-0.1, -0.05) is 55.7 Å². The van der Waals surface area contributed by atoms with Crippen LogP contribution in [0.1, 0.15) is 60.1 Å². The van der Waals surface area contributed by atoms with Crippen molar-refractivity contribution in [2.24, 2.45) is 0 Å². The van der Waals surface area contributed by atoms with Crippen molar-refractivity contribution in [2.45, 2.75) is 44.2 Å². The molecule has 1 aliphatic carbocycles. The molecule has 1 aliphatic rings. The van der Waals surface area contributed by atoms with Crippen LogP contribution in [0.15, 0.2) is 66.7 Å². The van der Waals surface area contributed by atoms with Gasteiger partial charge in [-0.2, -0.15) is 0 Å². The highest BCUT2D eigenvalue weighted by Gasteiger charge is 2.26. The Hall–Kier alpha value is -4.33. The van der Waals surface area contributed by atoms with Gasteiger partial charge >= 0.3 is 5.97 Å². The zero-order valence-electron chi connectivity index (χ0n) is 21.5. The number of nitrogens with zero attached hydrogens (tertiary/aromatic N) is 2. The average molecular weight is 514 g/mol. The molecule has 4 aromatic rings. The Kier molecular flexibility index (Phi) is 7.31. The molecule has 0 radical (unpaired) electrons. The molecule has 196 valence electrons. The van der Waals surface area contributed by atoms with Crippen LogP contribution >= 0.6 is 0 Å². The van der Waals surface area contributed by atoms with Crippen LogP contribution < -0.4 is 14.8 Å². The predicted octanol–water partition coefficient (Wildman–Crippen LogP) is 5.78. The SMILES string of the molecule is COc1ccc(C(NC(=O)c2ccc3c(c2)nc(-c2ccccc2)n3C2CCCCC2)C(=O)O)cc1OC. The van der Waals surface area contributed by atoms with Crippen LogP contribution in [-0.4, -0.2) is 40.8 Å². The molecule has 1 fully saturated rings. The smallest absolute Gasteiger partial charge is 0.330 e. The largest absolute Gasteiger partial charge is 0.493 e. The van der Waals surface area contributed by atoms with E-state index in [1.54, 1.807) is 30.3 Å². The number of fused-ring (bicyclic) bond motifs is 1. The summed E-state index contributed by atoms with van der Waals surface area (Å²) in [6.45, 7) is 0. The minimum absolute atomic E-state index is 0.345. The second-order valence-corrected chi connectivity index (χ2v) is 9.53. The van der Waals surface area contributed by atoms with Gasteiger partial charge in [0.2, 0.25) is 0 Å². The lowest BCUT2D eigenvalue weighted by molar-refractivity contribution is -0.139. The first kappa shape index (κ1) is 25.3. The molecule has 1 aromatic heterocycles. The molecular weight excluding hydrogens is 482 g/mol. The molecule has 3 aromatic carbocycles. The summed E-state index contributed by atoms with van der Waals surface area (Å²) in [5.74, 6) is 0.0644. The maximum Gasteiger partial charge on any atom is 0.330 e. The lowest BCUT2D eigenvalue weighted by Gasteiger charge is -2.25. The van der Waals surface area contributed by atoms with E-state index in [0.29, 0.717) is 34.2 Å². The summed E-state index contributed by atoms with van der Waals surface area (Å²) in [5.41, 5.74) is 3.43. The molecule has 8 nitrogen and oxygen atoms in total. The van der Waals surface area contributed by atoms with Crippen LogP contribution in [0.4, 0.5) is 0 Å². The number of carboxylic acid groups (broad SMARTS) is 1. The van der Waals surface area contributed by atoms with Gasteiger partial charge < -0.3 is 24.5 Å². The minimum Gasteiger partial charge on any atom is -0.493 e. The molecule has 1 heterocycles. The third kappa shape index (κ3) is 4.94. The number of carboxylic acids is 1. The van der Waals surface area contributed by atoms with Gasteiger partial charge in [0.1, 0.15) is 5.82 Å². The summed E-state index contributed by atoms with van der Waals surface area (Å²) >= 11 is 0. The van der Waals surface area contributed by atoms with Gasteiger partial charge in [0.15, 0.2) is 17.5 Å². The van der Waals surface area contributed by atoms with Gasteiger partial charge in [-0.25, -0.2) is 9.78 Å².